The molecule has 0 fully saturated rings. The Balaban J connectivity index is 2.54. The monoisotopic (exact) mass is 98.1 g/mol. The van der Waals surface area contributed by atoms with E-state index < -0.39 is 0 Å². The van der Waals surface area contributed by atoms with Crippen molar-refractivity contribution in [1.82, 2.24) is 10.6 Å². The van der Waals surface area contributed by atoms with Crippen LogP contribution in [0.2, 0.25) is 0 Å². The summed E-state index contributed by atoms with van der Waals surface area (Å²) in [6, 6.07) is 0. The van der Waals surface area contributed by atoms with Crippen molar-refractivity contribution in [2.75, 3.05) is 20.1 Å². The van der Waals surface area contributed by atoms with Gasteiger partial charge in [0.1, 0.15) is 0 Å². The van der Waals surface area contributed by atoms with Gasteiger partial charge in [-0.2, -0.15) is 0 Å². The Morgan fingerprint density at radius 2 is 2.57 bits per heavy atom. The van der Waals surface area contributed by atoms with Crippen LogP contribution >= 0.6 is 0 Å². The highest BCUT2D eigenvalue weighted by Crippen LogP contribution is 1.91. The molecule has 1 N–H and O–H groups in total. The molecular formula is C4H8N3. The van der Waals surface area contributed by atoms with E-state index in [4.69, 9.17) is 5.73 Å². The first-order valence-electron chi connectivity index (χ1n) is 2.28. The zero-order valence-corrected chi connectivity index (χ0v) is 4.31. The molecule has 3 nitrogen and oxygen atoms in total. The molecule has 0 saturated carbocycles. The molecule has 0 amide bonds. The molecule has 7 heavy (non-hydrogen) atoms. The van der Waals surface area contributed by atoms with Gasteiger partial charge in [-0.25, -0.2) is 4.99 Å². The predicted molar refractivity (Wildman–Crippen MR) is 28.0 cm³/mol. The molecule has 3 heteroatoms. The van der Waals surface area contributed by atoms with Crippen molar-refractivity contribution in [1.29, 1.82) is 0 Å². The normalized spacial score (nSPS) is 20.1. The van der Waals surface area contributed by atoms with Gasteiger partial charge >= 0.3 is 0 Å². The van der Waals surface area contributed by atoms with Crippen molar-refractivity contribution in [2.45, 2.75) is 0 Å². The van der Waals surface area contributed by atoms with Gasteiger partial charge in [-0.05, 0) is 0 Å². The van der Waals surface area contributed by atoms with E-state index in [1.807, 2.05) is 11.9 Å². The van der Waals surface area contributed by atoms with E-state index in [0.29, 0.717) is 5.96 Å². The first-order valence-corrected chi connectivity index (χ1v) is 2.28. The van der Waals surface area contributed by atoms with Gasteiger partial charge in [0.25, 0.3) is 0 Å². The van der Waals surface area contributed by atoms with E-state index in [9.17, 15) is 0 Å². The van der Waals surface area contributed by atoms with Crippen LogP contribution in [0.3, 0.4) is 0 Å². The van der Waals surface area contributed by atoms with Crippen LogP contribution in [-0.4, -0.2) is 31.0 Å². The number of hydrogen-bond acceptors (Lipinski definition) is 2. The predicted octanol–water partition coefficient (Wildman–Crippen LogP) is -0.429. The van der Waals surface area contributed by atoms with Gasteiger partial charge in [-0.1, -0.05) is 0 Å². The highest BCUT2D eigenvalue weighted by Gasteiger charge is 2.06. The lowest BCUT2D eigenvalue weighted by Crippen LogP contribution is -2.22. The number of guanidine groups is 1. The Kier molecular flexibility index (Phi) is 0.889. The van der Waals surface area contributed by atoms with Crippen LogP contribution in [0.5, 0.6) is 0 Å². The number of nitrogens with one attached hydrogen (secondary N) is 1. The lowest BCUT2D eigenvalue weighted by Gasteiger charge is -2.05. The summed E-state index contributed by atoms with van der Waals surface area (Å²) < 4.78 is 0. The summed E-state index contributed by atoms with van der Waals surface area (Å²) in [6.45, 7) is 1.72. The Hall–Kier alpha value is -0.730. The standard InChI is InChI=1S/C4H8N3/c1-7-3-2-6-4(7)5/h5H,2-3H2,1H3. The topological polar surface area (TPSA) is 39.4 Å². The minimum absolute atomic E-state index is 0.417. The van der Waals surface area contributed by atoms with Crippen LogP contribution < -0.4 is 5.73 Å². The average Bonchev–Trinajstić information content (AvgIpc) is 1.91. The fraction of sp³-hybridized carbons (Fsp3) is 0.750. The Morgan fingerprint density at radius 3 is 2.71 bits per heavy atom. The smallest absolute Gasteiger partial charge is 0.212 e. The maximum absolute atomic E-state index is 7.01. The minimum Gasteiger partial charge on any atom is -0.343 e. The fourth-order valence-corrected chi connectivity index (χ4v) is 0.533. The first kappa shape index (κ1) is 4.43. The largest absolute Gasteiger partial charge is 0.343 e. The first-order chi connectivity index (χ1) is 3.30. The average molecular weight is 98.1 g/mol. The molecule has 0 aromatic rings. The van der Waals surface area contributed by atoms with Gasteiger partial charge in [0, 0.05) is 13.6 Å². The molecule has 0 spiro atoms. The van der Waals surface area contributed by atoms with Crippen LogP contribution in [-0.2, 0) is 0 Å². The number of rotatable bonds is 0. The molecule has 1 aliphatic rings. The molecule has 0 aromatic carbocycles. The Bertz CT molecular complexity index is 97.1. The molecule has 0 unspecified atom stereocenters. The number of aliphatic imine (C=N–C) groups is 1. The van der Waals surface area contributed by atoms with Crippen molar-refractivity contribution in [3.05, 3.63) is 0 Å². The second kappa shape index (κ2) is 1.40. The second-order valence-corrected chi connectivity index (χ2v) is 1.63. The summed E-state index contributed by atoms with van der Waals surface area (Å²) >= 11 is 0. The van der Waals surface area contributed by atoms with Gasteiger partial charge in [-0.3, -0.25) is 5.73 Å². The quantitative estimate of drug-likeness (QED) is 0.405. The minimum atomic E-state index is 0.417. The molecule has 39 valence electrons. The van der Waals surface area contributed by atoms with Crippen molar-refractivity contribution in [2.24, 2.45) is 4.99 Å². The Morgan fingerprint density at radius 1 is 1.86 bits per heavy atom. The summed E-state index contributed by atoms with van der Waals surface area (Å²) in [5, 5.41) is 0. The third kappa shape index (κ3) is 0.656. The second-order valence-electron chi connectivity index (χ2n) is 1.63. The fourth-order valence-electron chi connectivity index (χ4n) is 0.533. The summed E-state index contributed by atoms with van der Waals surface area (Å²) in [5.41, 5.74) is 7.01. The molecule has 0 bridgehead atoms. The lowest BCUT2D eigenvalue weighted by atomic mass is 10.6. The molecule has 0 aliphatic carbocycles. The molecular weight excluding hydrogens is 90.1 g/mol. The van der Waals surface area contributed by atoms with Gasteiger partial charge in [0.05, 0.1) is 6.54 Å². The van der Waals surface area contributed by atoms with Crippen LogP contribution in [0, 0.1) is 0 Å². The van der Waals surface area contributed by atoms with Gasteiger partial charge in [-0.15, -0.1) is 0 Å². The van der Waals surface area contributed by atoms with Crippen molar-refractivity contribution in [3.63, 3.8) is 0 Å². The zero-order valence-electron chi connectivity index (χ0n) is 4.31. The molecule has 1 aliphatic heterocycles. The van der Waals surface area contributed by atoms with E-state index in [1.165, 1.54) is 0 Å². The van der Waals surface area contributed by atoms with Crippen LogP contribution in [0.15, 0.2) is 4.99 Å². The summed E-state index contributed by atoms with van der Waals surface area (Å²) in [4.78, 5) is 5.65. The van der Waals surface area contributed by atoms with Crippen molar-refractivity contribution >= 4 is 5.96 Å². The highest BCUT2D eigenvalue weighted by atomic mass is 15.3. The summed E-state index contributed by atoms with van der Waals surface area (Å²) in [5.74, 6) is 0.417. The van der Waals surface area contributed by atoms with E-state index in [0.717, 1.165) is 13.1 Å². The maximum Gasteiger partial charge on any atom is 0.212 e. The lowest BCUT2D eigenvalue weighted by molar-refractivity contribution is 0.549. The van der Waals surface area contributed by atoms with Gasteiger partial charge < -0.3 is 4.90 Å². The third-order valence-corrected chi connectivity index (χ3v) is 1.06. The van der Waals surface area contributed by atoms with Crippen LogP contribution in [0.25, 0.3) is 0 Å². The van der Waals surface area contributed by atoms with E-state index >= 15 is 0 Å². The Labute approximate surface area is 42.8 Å². The number of hydrogen-bond donors (Lipinski definition) is 0. The number of likely N-dealkylation sites (N-methyl/N-ethyl adjacent to an activating group) is 1. The zero-order chi connectivity index (χ0) is 5.28. The molecule has 0 saturated heterocycles. The number of nitrogens with zero attached hydrogens (tertiary/aromatic N) is 2. The molecule has 1 heterocycles. The molecule has 0 atom stereocenters. The van der Waals surface area contributed by atoms with Crippen LogP contribution in [0.4, 0.5) is 0 Å². The molecule has 1 radical (unpaired) electrons. The van der Waals surface area contributed by atoms with Crippen LogP contribution in [0.1, 0.15) is 0 Å². The molecule has 0 aromatic heterocycles. The highest BCUT2D eigenvalue weighted by molar-refractivity contribution is 5.78. The molecule has 1 rings (SSSR count). The van der Waals surface area contributed by atoms with E-state index in [2.05, 4.69) is 4.99 Å². The van der Waals surface area contributed by atoms with Gasteiger partial charge in [0.15, 0.2) is 0 Å². The van der Waals surface area contributed by atoms with Crippen molar-refractivity contribution in [3.8, 4) is 0 Å². The van der Waals surface area contributed by atoms with E-state index in [1.54, 1.807) is 0 Å². The third-order valence-electron chi connectivity index (χ3n) is 1.06. The maximum atomic E-state index is 7.01. The van der Waals surface area contributed by atoms with Crippen molar-refractivity contribution < 1.29 is 0 Å². The summed E-state index contributed by atoms with van der Waals surface area (Å²) in [6.07, 6.45) is 0. The summed E-state index contributed by atoms with van der Waals surface area (Å²) in [7, 11) is 1.87. The van der Waals surface area contributed by atoms with Gasteiger partial charge in [0.2, 0.25) is 5.96 Å². The van der Waals surface area contributed by atoms with E-state index in [-0.39, 0.29) is 0 Å². The SMILES string of the molecule is CN1CCN=C1[NH].